The van der Waals surface area contributed by atoms with E-state index in [4.69, 9.17) is 4.74 Å². The van der Waals surface area contributed by atoms with E-state index in [1.54, 1.807) is 12.4 Å². The average molecular weight is 311 g/mol. The highest BCUT2D eigenvalue weighted by molar-refractivity contribution is 5.74. The Hall–Kier alpha value is -2.56. The van der Waals surface area contributed by atoms with Crippen molar-refractivity contribution in [2.45, 2.75) is 31.8 Å². The van der Waals surface area contributed by atoms with E-state index < -0.39 is 0 Å². The number of carbonyl (C=O) groups excluding carboxylic acids is 1. The third-order valence-corrected chi connectivity index (χ3v) is 3.90. The molecule has 0 radical (unpaired) electrons. The predicted molar refractivity (Wildman–Crippen MR) is 88.4 cm³/mol. The van der Waals surface area contributed by atoms with Gasteiger partial charge in [0.15, 0.2) is 0 Å². The van der Waals surface area contributed by atoms with E-state index in [0.29, 0.717) is 19.1 Å². The zero-order valence-electron chi connectivity index (χ0n) is 13.2. The van der Waals surface area contributed by atoms with Crippen LogP contribution in [0.3, 0.4) is 0 Å². The second kappa shape index (κ2) is 7.13. The smallest absolute Gasteiger partial charge is 0.315 e. The van der Waals surface area contributed by atoms with Crippen LogP contribution >= 0.6 is 0 Å². The maximum atomic E-state index is 11.9. The van der Waals surface area contributed by atoms with Gasteiger partial charge in [0.2, 0.25) is 0 Å². The lowest BCUT2D eigenvalue weighted by atomic mass is 10.1. The van der Waals surface area contributed by atoms with Crippen molar-refractivity contribution >= 4 is 6.03 Å². The number of nitrogens with zero attached hydrogens (tertiary/aromatic N) is 1. The molecule has 23 heavy (non-hydrogen) atoms. The Morgan fingerprint density at radius 2 is 2.13 bits per heavy atom. The highest BCUT2D eigenvalue weighted by Crippen LogP contribution is 2.41. The van der Waals surface area contributed by atoms with Gasteiger partial charge in [-0.2, -0.15) is 0 Å². The number of pyridine rings is 1. The van der Waals surface area contributed by atoms with Crippen molar-refractivity contribution in [3.63, 3.8) is 0 Å². The Balaban J connectivity index is 1.44. The molecule has 2 atom stereocenters. The summed E-state index contributed by atoms with van der Waals surface area (Å²) in [7, 11) is 0. The molecule has 2 N–H and O–H groups in total. The Morgan fingerprint density at radius 1 is 1.30 bits per heavy atom. The number of urea groups is 1. The lowest BCUT2D eigenvalue weighted by molar-refractivity contribution is 0.240. The van der Waals surface area contributed by atoms with Crippen LogP contribution < -0.4 is 15.4 Å². The van der Waals surface area contributed by atoms with E-state index in [9.17, 15) is 4.79 Å². The van der Waals surface area contributed by atoms with Gasteiger partial charge in [-0.25, -0.2) is 4.79 Å². The number of rotatable bonds is 6. The number of amides is 2. The summed E-state index contributed by atoms with van der Waals surface area (Å²) >= 11 is 0. The first-order valence-corrected chi connectivity index (χ1v) is 7.92. The standard InChI is InChI=1S/C18H21N3O2/c1-2-23-15-7-5-14(6-8-15)16-10-17(16)21-18(22)20-12-13-4-3-9-19-11-13/h3-9,11,16-17H,2,10,12H2,1H3,(H2,20,21,22)/t16-,17+/m0/s1. The summed E-state index contributed by atoms with van der Waals surface area (Å²) in [5.41, 5.74) is 2.23. The predicted octanol–water partition coefficient (Wildman–Crippen LogP) is 2.84. The van der Waals surface area contributed by atoms with Gasteiger partial charge in [0, 0.05) is 30.9 Å². The quantitative estimate of drug-likeness (QED) is 0.862. The Kier molecular flexibility index (Phi) is 4.76. The fourth-order valence-corrected chi connectivity index (χ4v) is 2.61. The molecule has 0 unspecified atom stereocenters. The maximum absolute atomic E-state index is 11.9. The molecular formula is C18H21N3O2. The molecule has 1 aromatic heterocycles. The summed E-state index contributed by atoms with van der Waals surface area (Å²) in [5.74, 6) is 1.28. The maximum Gasteiger partial charge on any atom is 0.315 e. The minimum Gasteiger partial charge on any atom is -0.494 e. The molecular weight excluding hydrogens is 290 g/mol. The second-order valence-corrected chi connectivity index (χ2v) is 5.64. The van der Waals surface area contributed by atoms with Crippen molar-refractivity contribution in [3.05, 3.63) is 59.9 Å². The van der Waals surface area contributed by atoms with Crippen molar-refractivity contribution in [2.24, 2.45) is 0 Å². The molecule has 1 heterocycles. The number of aromatic nitrogens is 1. The minimum atomic E-state index is -0.132. The molecule has 5 nitrogen and oxygen atoms in total. The van der Waals surface area contributed by atoms with Crippen molar-refractivity contribution in [3.8, 4) is 5.75 Å². The van der Waals surface area contributed by atoms with Crippen LogP contribution in [-0.4, -0.2) is 23.7 Å². The highest BCUT2D eigenvalue weighted by atomic mass is 16.5. The molecule has 0 aliphatic heterocycles. The molecule has 0 bridgehead atoms. The molecule has 1 aliphatic carbocycles. The SMILES string of the molecule is CCOc1ccc([C@@H]2C[C@H]2NC(=O)NCc2cccnc2)cc1. The fraction of sp³-hybridized carbons (Fsp3) is 0.333. The van der Waals surface area contributed by atoms with Crippen molar-refractivity contribution in [1.82, 2.24) is 15.6 Å². The van der Waals surface area contributed by atoms with Gasteiger partial charge < -0.3 is 15.4 Å². The summed E-state index contributed by atoms with van der Waals surface area (Å²) in [6.45, 7) is 3.13. The van der Waals surface area contributed by atoms with Gasteiger partial charge in [0.1, 0.15) is 5.75 Å². The Bertz CT molecular complexity index is 643. The lowest BCUT2D eigenvalue weighted by Crippen LogP contribution is -2.36. The summed E-state index contributed by atoms with van der Waals surface area (Å²) in [5, 5.41) is 5.87. The van der Waals surface area contributed by atoms with Crippen LogP contribution in [0.5, 0.6) is 5.75 Å². The van der Waals surface area contributed by atoms with E-state index in [-0.39, 0.29) is 12.1 Å². The average Bonchev–Trinajstić information content (AvgIpc) is 3.34. The summed E-state index contributed by atoms with van der Waals surface area (Å²) in [6.07, 6.45) is 4.45. The van der Waals surface area contributed by atoms with Gasteiger partial charge in [-0.3, -0.25) is 4.98 Å². The van der Waals surface area contributed by atoms with Gasteiger partial charge >= 0.3 is 6.03 Å². The molecule has 1 aliphatic rings. The summed E-state index contributed by atoms with van der Waals surface area (Å²) in [4.78, 5) is 15.9. The molecule has 3 rings (SSSR count). The molecule has 1 aromatic carbocycles. The first-order chi connectivity index (χ1) is 11.3. The first kappa shape index (κ1) is 15.3. The van der Waals surface area contributed by atoms with Crippen LogP contribution in [0.4, 0.5) is 4.79 Å². The van der Waals surface area contributed by atoms with Crippen LogP contribution in [0.1, 0.15) is 30.4 Å². The topological polar surface area (TPSA) is 63.2 Å². The third-order valence-electron chi connectivity index (χ3n) is 3.90. The number of nitrogens with one attached hydrogen (secondary N) is 2. The molecule has 1 fully saturated rings. The summed E-state index contributed by atoms with van der Waals surface area (Å²) in [6, 6.07) is 12.0. The van der Waals surface area contributed by atoms with Gasteiger partial charge in [0.25, 0.3) is 0 Å². The molecule has 2 amide bonds. The Labute approximate surface area is 136 Å². The van der Waals surface area contributed by atoms with E-state index in [0.717, 1.165) is 17.7 Å². The van der Waals surface area contributed by atoms with E-state index in [1.807, 2.05) is 31.2 Å². The van der Waals surface area contributed by atoms with Crippen LogP contribution in [-0.2, 0) is 6.54 Å². The van der Waals surface area contributed by atoms with Gasteiger partial charge in [0.05, 0.1) is 6.61 Å². The molecule has 5 heteroatoms. The van der Waals surface area contributed by atoms with E-state index in [2.05, 4.69) is 27.8 Å². The first-order valence-electron chi connectivity index (χ1n) is 7.92. The molecule has 0 saturated heterocycles. The number of ether oxygens (including phenoxy) is 1. The number of hydrogen-bond donors (Lipinski definition) is 2. The summed E-state index contributed by atoms with van der Waals surface area (Å²) < 4.78 is 5.44. The van der Waals surface area contributed by atoms with Crippen molar-refractivity contribution in [1.29, 1.82) is 0 Å². The number of hydrogen-bond acceptors (Lipinski definition) is 3. The van der Waals surface area contributed by atoms with Crippen LogP contribution in [0.2, 0.25) is 0 Å². The highest BCUT2D eigenvalue weighted by Gasteiger charge is 2.39. The normalized spacial score (nSPS) is 19.0. The number of benzene rings is 1. The fourth-order valence-electron chi connectivity index (χ4n) is 2.61. The molecule has 120 valence electrons. The molecule has 1 saturated carbocycles. The van der Waals surface area contributed by atoms with Crippen molar-refractivity contribution < 1.29 is 9.53 Å². The third kappa shape index (κ3) is 4.22. The van der Waals surface area contributed by atoms with Crippen LogP contribution in [0, 0.1) is 0 Å². The van der Waals surface area contributed by atoms with Gasteiger partial charge in [-0.15, -0.1) is 0 Å². The zero-order chi connectivity index (χ0) is 16.1. The lowest BCUT2D eigenvalue weighted by Gasteiger charge is -2.08. The van der Waals surface area contributed by atoms with Crippen LogP contribution in [0.25, 0.3) is 0 Å². The van der Waals surface area contributed by atoms with Crippen LogP contribution in [0.15, 0.2) is 48.8 Å². The largest absolute Gasteiger partial charge is 0.494 e. The van der Waals surface area contributed by atoms with Gasteiger partial charge in [-0.05, 0) is 42.7 Å². The monoisotopic (exact) mass is 311 g/mol. The molecule has 2 aromatic rings. The Morgan fingerprint density at radius 3 is 2.83 bits per heavy atom. The second-order valence-electron chi connectivity index (χ2n) is 5.64. The zero-order valence-corrected chi connectivity index (χ0v) is 13.2. The van der Waals surface area contributed by atoms with Gasteiger partial charge in [-0.1, -0.05) is 18.2 Å². The number of carbonyl (C=O) groups is 1. The molecule has 0 spiro atoms. The van der Waals surface area contributed by atoms with E-state index >= 15 is 0 Å². The van der Waals surface area contributed by atoms with Crippen molar-refractivity contribution in [2.75, 3.05) is 6.61 Å². The minimum absolute atomic E-state index is 0.132. The van der Waals surface area contributed by atoms with E-state index in [1.165, 1.54) is 5.56 Å².